The molecule has 7 nitrogen and oxygen atoms in total. The summed E-state index contributed by atoms with van der Waals surface area (Å²) in [5, 5.41) is 0. The monoisotopic (exact) mass is 348 g/mol. The summed E-state index contributed by atoms with van der Waals surface area (Å²) >= 11 is 0. The third-order valence-electron chi connectivity index (χ3n) is 3.63. The van der Waals surface area contributed by atoms with Crippen LogP contribution in [0.5, 0.6) is 11.5 Å². The molecule has 0 radical (unpaired) electrons. The van der Waals surface area contributed by atoms with Crippen molar-refractivity contribution < 1.29 is 22.7 Å². The predicted octanol–water partition coefficient (Wildman–Crippen LogP) is 2.20. The highest BCUT2D eigenvalue weighted by molar-refractivity contribution is 7.92. The first-order valence-corrected chi connectivity index (χ1v) is 8.62. The molecule has 3 rings (SSSR count). The van der Waals surface area contributed by atoms with Crippen molar-refractivity contribution >= 4 is 27.3 Å². The van der Waals surface area contributed by atoms with Crippen molar-refractivity contribution in [1.29, 1.82) is 0 Å². The lowest BCUT2D eigenvalue weighted by Gasteiger charge is -2.15. The van der Waals surface area contributed by atoms with Crippen LogP contribution < -0.4 is 19.1 Å². The van der Waals surface area contributed by atoms with Crippen molar-refractivity contribution in [3.8, 4) is 11.5 Å². The Kier molecular flexibility index (Phi) is 4.06. The Morgan fingerprint density at radius 3 is 2.42 bits per heavy atom. The molecule has 0 unspecified atom stereocenters. The van der Waals surface area contributed by atoms with E-state index in [9.17, 15) is 13.2 Å². The molecule has 2 aromatic rings. The highest BCUT2D eigenvalue weighted by Crippen LogP contribution is 2.34. The van der Waals surface area contributed by atoms with Gasteiger partial charge in [0.2, 0.25) is 12.7 Å². The molecule has 1 aliphatic heterocycles. The van der Waals surface area contributed by atoms with Crippen LogP contribution in [0.1, 0.15) is 6.92 Å². The van der Waals surface area contributed by atoms with Crippen LogP contribution in [0.4, 0.5) is 11.4 Å². The van der Waals surface area contributed by atoms with Crippen LogP contribution in [0.2, 0.25) is 0 Å². The van der Waals surface area contributed by atoms with E-state index in [0.717, 1.165) is 0 Å². The molecule has 1 N–H and O–H groups in total. The number of nitrogens with one attached hydrogen (secondary N) is 1. The van der Waals surface area contributed by atoms with Gasteiger partial charge in [-0.3, -0.25) is 9.52 Å². The third kappa shape index (κ3) is 3.13. The van der Waals surface area contributed by atoms with Gasteiger partial charge in [-0.25, -0.2) is 8.42 Å². The molecule has 0 saturated heterocycles. The van der Waals surface area contributed by atoms with Gasteiger partial charge in [-0.05, 0) is 36.4 Å². The molecule has 126 valence electrons. The predicted molar refractivity (Wildman–Crippen MR) is 88.9 cm³/mol. The second-order valence-electron chi connectivity index (χ2n) is 5.25. The van der Waals surface area contributed by atoms with E-state index in [4.69, 9.17) is 9.47 Å². The minimum absolute atomic E-state index is 0.0803. The number of anilines is 2. The van der Waals surface area contributed by atoms with Crippen LogP contribution in [0.15, 0.2) is 47.4 Å². The number of hydrogen-bond donors (Lipinski definition) is 1. The van der Waals surface area contributed by atoms with Gasteiger partial charge in [0, 0.05) is 31.4 Å². The molecule has 8 heteroatoms. The SMILES string of the molecule is CC(=O)N(C)c1ccc(NS(=O)(=O)c2ccc3c(c2)OCO3)cc1. The number of nitrogens with zero attached hydrogens (tertiary/aromatic N) is 1. The van der Waals surface area contributed by atoms with Crippen LogP contribution in [0, 0.1) is 0 Å². The Balaban J connectivity index is 1.81. The number of ether oxygens (including phenoxy) is 2. The molecule has 1 aliphatic rings. The lowest BCUT2D eigenvalue weighted by molar-refractivity contribution is -0.116. The molecule has 0 atom stereocenters. The molecule has 2 aromatic carbocycles. The van der Waals surface area contributed by atoms with Crippen molar-refractivity contribution in [2.24, 2.45) is 0 Å². The second-order valence-corrected chi connectivity index (χ2v) is 6.93. The van der Waals surface area contributed by atoms with E-state index < -0.39 is 10.0 Å². The molecule has 0 aliphatic carbocycles. The topological polar surface area (TPSA) is 84.9 Å². The summed E-state index contributed by atoms with van der Waals surface area (Å²) < 4.78 is 37.8. The number of hydrogen-bond acceptors (Lipinski definition) is 5. The minimum Gasteiger partial charge on any atom is -0.454 e. The molecule has 24 heavy (non-hydrogen) atoms. The first kappa shape index (κ1) is 16.1. The molecule has 0 spiro atoms. The Bertz CT molecular complexity index is 878. The van der Waals surface area contributed by atoms with Crippen molar-refractivity contribution in [1.82, 2.24) is 0 Å². The van der Waals surface area contributed by atoms with Crippen LogP contribution in [-0.4, -0.2) is 28.2 Å². The summed E-state index contributed by atoms with van der Waals surface area (Å²) in [6.07, 6.45) is 0. The summed E-state index contributed by atoms with van der Waals surface area (Å²) in [4.78, 5) is 12.9. The van der Waals surface area contributed by atoms with Gasteiger partial charge in [0.05, 0.1) is 4.90 Å². The number of fused-ring (bicyclic) bond motifs is 1. The standard InChI is InChI=1S/C16H16N2O5S/c1-11(19)18(2)13-5-3-12(4-6-13)17-24(20,21)14-7-8-15-16(9-14)23-10-22-15/h3-9,17H,10H2,1-2H3. The van der Waals surface area contributed by atoms with Crippen LogP contribution >= 0.6 is 0 Å². The quantitative estimate of drug-likeness (QED) is 0.915. The number of rotatable bonds is 4. The zero-order chi connectivity index (χ0) is 17.3. The van der Waals surface area contributed by atoms with Crippen molar-refractivity contribution in [3.63, 3.8) is 0 Å². The number of sulfonamides is 1. The fourth-order valence-corrected chi connectivity index (χ4v) is 3.27. The van der Waals surface area contributed by atoms with Crippen LogP contribution in [-0.2, 0) is 14.8 Å². The van der Waals surface area contributed by atoms with E-state index in [1.165, 1.54) is 24.0 Å². The Morgan fingerprint density at radius 2 is 1.75 bits per heavy atom. The summed E-state index contributed by atoms with van der Waals surface area (Å²) in [6, 6.07) is 11.0. The van der Waals surface area contributed by atoms with Crippen molar-refractivity contribution in [2.45, 2.75) is 11.8 Å². The smallest absolute Gasteiger partial charge is 0.262 e. The average molecular weight is 348 g/mol. The zero-order valence-electron chi connectivity index (χ0n) is 13.1. The molecule has 0 aromatic heterocycles. The van der Waals surface area contributed by atoms with E-state index in [1.807, 2.05) is 0 Å². The molecule has 1 amide bonds. The minimum atomic E-state index is -3.75. The molecule has 1 heterocycles. The summed E-state index contributed by atoms with van der Waals surface area (Å²) in [5.41, 5.74) is 1.07. The average Bonchev–Trinajstić information content (AvgIpc) is 3.02. The zero-order valence-corrected chi connectivity index (χ0v) is 14.0. The summed E-state index contributed by atoms with van der Waals surface area (Å²) in [6.45, 7) is 1.54. The van der Waals surface area contributed by atoms with E-state index >= 15 is 0 Å². The van der Waals surface area contributed by atoms with Gasteiger partial charge in [0.25, 0.3) is 10.0 Å². The van der Waals surface area contributed by atoms with Gasteiger partial charge in [-0.15, -0.1) is 0 Å². The Hall–Kier alpha value is -2.74. The molecule has 0 saturated carbocycles. The molecular weight excluding hydrogens is 332 g/mol. The van der Waals surface area contributed by atoms with E-state index in [1.54, 1.807) is 37.4 Å². The van der Waals surface area contributed by atoms with E-state index in [-0.39, 0.29) is 17.6 Å². The van der Waals surface area contributed by atoms with Gasteiger partial charge in [0.1, 0.15) is 0 Å². The van der Waals surface area contributed by atoms with E-state index in [2.05, 4.69) is 4.72 Å². The lowest BCUT2D eigenvalue weighted by atomic mass is 10.2. The summed E-state index contributed by atoms with van der Waals surface area (Å²) in [7, 11) is -2.10. The fraction of sp³-hybridized carbons (Fsp3) is 0.188. The van der Waals surface area contributed by atoms with Crippen molar-refractivity contribution in [2.75, 3.05) is 23.5 Å². The van der Waals surface area contributed by atoms with Crippen LogP contribution in [0.3, 0.4) is 0 Å². The Labute approximate surface area is 139 Å². The van der Waals surface area contributed by atoms with Gasteiger partial charge in [-0.1, -0.05) is 0 Å². The van der Waals surface area contributed by atoms with Crippen LogP contribution in [0.25, 0.3) is 0 Å². The molecular formula is C16H16N2O5S. The van der Waals surface area contributed by atoms with E-state index in [0.29, 0.717) is 22.9 Å². The third-order valence-corrected chi connectivity index (χ3v) is 5.01. The molecule has 0 bridgehead atoms. The molecule has 0 fully saturated rings. The number of benzene rings is 2. The highest BCUT2D eigenvalue weighted by atomic mass is 32.2. The first-order valence-electron chi connectivity index (χ1n) is 7.14. The summed E-state index contributed by atoms with van der Waals surface area (Å²) in [5.74, 6) is 0.811. The second kappa shape index (κ2) is 6.04. The van der Waals surface area contributed by atoms with Gasteiger partial charge in [-0.2, -0.15) is 0 Å². The van der Waals surface area contributed by atoms with Crippen molar-refractivity contribution in [3.05, 3.63) is 42.5 Å². The maximum Gasteiger partial charge on any atom is 0.262 e. The fourth-order valence-electron chi connectivity index (χ4n) is 2.19. The van der Waals surface area contributed by atoms with Gasteiger partial charge < -0.3 is 14.4 Å². The normalized spacial score (nSPS) is 12.8. The Morgan fingerprint density at radius 1 is 1.08 bits per heavy atom. The number of carbonyl (C=O) groups excluding carboxylic acids is 1. The largest absolute Gasteiger partial charge is 0.454 e. The maximum atomic E-state index is 12.5. The number of amides is 1. The first-order chi connectivity index (χ1) is 11.4. The lowest BCUT2D eigenvalue weighted by Crippen LogP contribution is -2.22. The highest BCUT2D eigenvalue weighted by Gasteiger charge is 2.20. The van der Waals surface area contributed by atoms with Gasteiger partial charge in [0.15, 0.2) is 11.5 Å². The van der Waals surface area contributed by atoms with Gasteiger partial charge >= 0.3 is 0 Å². The number of carbonyl (C=O) groups is 1. The maximum absolute atomic E-state index is 12.5.